The Bertz CT molecular complexity index is 1040. The Morgan fingerprint density at radius 3 is 2.59 bits per heavy atom. The van der Waals surface area contributed by atoms with Gasteiger partial charge in [0.25, 0.3) is 10.0 Å². The molecule has 0 saturated carbocycles. The maximum Gasteiger partial charge on any atom is 0.255 e. The highest BCUT2D eigenvalue weighted by Crippen LogP contribution is 2.35. The number of thioether (sulfide) groups is 1. The number of anilines is 1. The first-order chi connectivity index (χ1) is 13.0. The maximum absolute atomic E-state index is 12.3. The average molecular weight is 398 g/mol. The number of rotatable bonds is 5. The van der Waals surface area contributed by atoms with Gasteiger partial charge in [-0.2, -0.15) is 0 Å². The van der Waals surface area contributed by atoms with Crippen LogP contribution in [0, 0.1) is 6.92 Å². The molecule has 0 atom stereocenters. The number of benzene rings is 2. The molecule has 2 aromatic carbocycles. The number of amidine groups is 1. The summed E-state index contributed by atoms with van der Waals surface area (Å²) in [5.41, 5.74) is 4.68. The zero-order valence-electron chi connectivity index (χ0n) is 14.8. The standard InChI is InChI=1S/C20H19N3O2S2/c1-15-2-4-16(5-3-15)10-13-27(24,25)22-18-8-6-17(7-9-18)19-14-26-20-21-11-12-23(19)20/h2-10,13-14,22H,11-12H2,1H3/b13-10+. The third-order valence-electron chi connectivity index (χ3n) is 4.33. The summed E-state index contributed by atoms with van der Waals surface area (Å²) in [7, 11) is -3.57. The molecule has 5 nitrogen and oxygen atoms in total. The Hall–Kier alpha value is -2.51. The summed E-state index contributed by atoms with van der Waals surface area (Å²) < 4.78 is 27.2. The lowest BCUT2D eigenvalue weighted by Gasteiger charge is -2.16. The van der Waals surface area contributed by atoms with Crippen LogP contribution in [0.4, 0.5) is 5.69 Å². The summed E-state index contributed by atoms with van der Waals surface area (Å²) in [5, 5.41) is 4.31. The molecule has 0 spiro atoms. The first kappa shape index (κ1) is 17.9. The second-order valence-electron chi connectivity index (χ2n) is 6.37. The molecule has 0 fully saturated rings. The molecule has 0 aliphatic carbocycles. The van der Waals surface area contributed by atoms with Gasteiger partial charge in [0.05, 0.1) is 17.6 Å². The van der Waals surface area contributed by atoms with Gasteiger partial charge in [-0.25, -0.2) is 8.42 Å². The van der Waals surface area contributed by atoms with Crippen LogP contribution >= 0.6 is 11.8 Å². The van der Waals surface area contributed by atoms with E-state index in [9.17, 15) is 8.42 Å². The molecule has 0 amide bonds. The molecule has 138 valence electrons. The predicted molar refractivity (Wildman–Crippen MR) is 114 cm³/mol. The van der Waals surface area contributed by atoms with E-state index < -0.39 is 10.0 Å². The van der Waals surface area contributed by atoms with E-state index in [2.05, 4.69) is 20.0 Å². The van der Waals surface area contributed by atoms with Crippen molar-refractivity contribution in [2.75, 3.05) is 17.8 Å². The SMILES string of the molecule is Cc1ccc(/C=C/S(=O)(=O)Nc2ccc(C3=CSC4=NCCN34)cc2)cc1. The monoisotopic (exact) mass is 397 g/mol. The van der Waals surface area contributed by atoms with Crippen LogP contribution in [0.1, 0.15) is 16.7 Å². The quantitative estimate of drug-likeness (QED) is 0.824. The second kappa shape index (κ2) is 7.25. The Labute approximate surface area is 163 Å². The second-order valence-corrected chi connectivity index (χ2v) is 8.78. The van der Waals surface area contributed by atoms with E-state index in [1.165, 1.54) is 5.41 Å². The van der Waals surface area contributed by atoms with E-state index in [0.29, 0.717) is 5.69 Å². The number of sulfonamides is 1. The zero-order chi connectivity index (χ0) is 18.9. The minimum Gasteiger partial charge on any atom is -0.318 e. The minimum absolute atomic E-state index is 0.536. The lowest BCUT2D eigenvalue weighted by Crippen LogP contribution is -2.19. The molecule has 0 aromatic heterocycles. The largest absolute Gasteiger partial charge is 0.318 e. The molecule has 7 heteroatoms. The Balaban J connectivity index is 1.45. The van der Waals surface area contributed by atoms with E-state index in [0.717, 1.165) is 40.6 Å². The molecule has 0 radical (unpaired) electrons. The summed E-state index contributed by atoms with van der Waals surface area (Å²) in [6.45, 7) is 3.71. The normalized spacial score (nSPS) is 16.4. The van der Waals surface area contributed by atoms with Gasteiger partial charge in [-0.3, -0.25) is 9.71 Å². The molecule has 0 unspecified atom stereocenters. The van der Waals surface area contributed by atoms with Gasteiger partial charge in [0.2, 0.25) is 0 Å². The Kier molecular flexibility index (Phi) is 4.80. The third kappa shape index (κ3) is 4.09. The van der Waals surface area contributed by atoms with Crippen LogP contribution in [0.2, 0.25) is 0 Å². The first-order valence-corrected chi connectivity index (χ1v) is 11.0. The van der Waals surface area contributed by atoms with Crippen molar-refractivity contribution in [3.63, 3.8) is 0 Å². The van der Waals surface area contributed by atoms with Crippen LogP contribution in [0.5, 0.6) is 0 Å². The number of nitrogens with zero attached hydrogens (tertiary/aromatic N) is 2. The highest BCUT2D eigenvalue weighted by atomic mass is 32.2. The van der Waals surface area contributed by atoms with Crippen molar-refractivity contribution < 1.29 is 8.42 Å². The van der Waals surface area contributed by atoms with Crippen LogP contribution in [0.25, 0.3) is 11.8 Å². The third-order valence-corrected chi connectivity index (χ3v) is 6.24. The van der Waals surface area contributed by atoms with Gasteiger partial charge in [-0.05, 0) is 36.3 Å². The fraction of sp³-hybridized carbons (Fsp3) is 0.150. The van der Waals surface area contributed by atoms with E-state index in [1.54, 1.807) is 30.0 Å². The molecule has 0 bridgehead atoms. The fourth-order valence-electron chi connectivity index (χ4n) is 2.90. The minimum atomic E-state index is -3.57. The van der Waals surface area contributed by atoms with Crippen LogP contribution in [-0.2, 0) is 10.0 Å². The molecular weight excluding hydrogens is 378 g/mol. The number of aliphatic imine (C=N–C) groups is 1. The van der Waals surface area contributed by atoms with E-state index in [-0.39, 0.29) is 0 Å². The van der Waals surface area contributed by atoms with E-state index in [1.807, 2.05) is 43.3 Å². The molecule has 1 N–H and O–H groups in total. The summed E-state index contributed by atoms with van der Waals surface area (Å²) in [6.07, 6.45) is 1.59. The summed E-state index contributed by atoms with van der Waals surface area (Å²) in [5.74, 6) is 0. The highest BCUT2D eigenvalue weighted by Gasteiger charge is 2.26. The average Bonchev–Trinajstić information content (AvgIpc) is 3.25. The predicted octanol–water partition coefficient (Wildman–Crippen LogP) is 4.12. The molecule has 2 heterocycles. The van der Waals surface area contributed by atoms with Gasteiger partial charge in [-0.15, -0.1) is 0 Å². The molecular formula is C20H19N3O2S2. The van der Waals surface area contributed by atoms with Crippen LogP contribution < -0.4 is 4.72 Å². The van der Waals surface area contributed by atoms with Gasteiger partial charge in [0, 0.05) is 17.6 Å². The number of fused-ring (bicyclic) bond motifs is 1. The number of hydrogen-bond acceptors (Lipinski definition) is 5. The first-order valence-electron chi connectivity index (χ1n) is 8.57. The van der Waals surface area contributed by atoms with Gasteiger partial charge >= 0.3 is 0 Å². The smallest absolute Gasteiger partial charge is 0.255 e. The van der Waals surface area contributed by atoms with Gasteiger partial charge < -0.3 is 4.90 Å². The van der Waals surface area contributed by atoms with Crippen molar-refractivity contribution >= 4 is 44.4 Å². The van der Waals surface area contributed by atoms with E-state index in [4.69, 9.17) is 0 Å². The van der Waals surface area contributed by atoms with Gasteiger partial charge in [0.1, 0.15) is 0 Å². The molecule has 2 aliphatic heterocycles. The maximum atomic E-state index is 12.3. The van der Waals surface area contributed by atoms with Crippen LogP contribution in [0.3, 0.4) is 0 Å². The van der Waals surface area contributed by atoms with Crippen LogP contribution in [0.15, 0.2) is 64.3 Å². The van der Waals surface area contributed by atoms with Crippen molar-refractivity contribution in [3.8, 4) is 0 Å². The van der Waals surface area contributed by atoms with Crippen molar-refractivity contribution in [1.29, 1.82) is 0 Å². The molecule has 2 aromatic rings. The Morgan fingerprint density at radius 1 is 1.11 bits per heavy atom. The molecule has 27 heavy (non-hydrogen) atoms. The molecule has 0 saturated heterocycles. The lowest BCUT2D eigenvalue weighted by molar-refractivity contribution is 0.609. The number of nitrogens with one attached hydrogen (secondary N) is 1. The lowest BCUT2D eigenvalue weighted by atomic mass is 10.1. The summed E-state index contributed by atoms with van der Waals surface area (Å²) in [4.78, 5) is 6.63. The van der Waals surface area contributed by atoms with Gasteiger partial charge in [-0.1, -0.05) is 53.7 Å². The van der Waals surface area contributed by atoms with Crippen molar-refractivity contribution in [2.24, 2.45) is 4.99 Å². The number of hydrogen-bond donors (Lipinski definition) is 1. The van der Waals surface area contributed by atoms with Crippen molar-refractivity contribution in [2.45, 2.75) is 6.92 Å². The molecule has 2 aliphatic rings. The van der Waals surface area contributed by atoms with Crippen LogP contribution in [-0.4, -0.2) is 31.6 Å². The van der Waals surface area contributed by atoms with Crippen molar-refractivity contribution in [3.05, 3.63) is 76.0 Å². The Morgan fingerprint density at radius 2 is 1.85 bits per heavy atom. The molecule has 4 rings (SSSR count). The zero-order valence-corrected chi connectivity index (χ0v) is 16.4. The van der Waals surface area contributed by atoms with Gasteiger partial charge in [0.15, 0.2) is 5.17 Å². The summed E-state index contributed by atoms with van der Waals surface area (Å²) >= 11 is 1.63. The fourth-order valence-corrected chi connectivity index (χ4v) is 4.73. The van der Waals surface area contributed by atoms with Crippen molar-refractivity contribution in [1.82, 2.24) is 4.90 Å². The number of aryl methyl sites for hydroxylation is 1. The van der Waals surface area contributed by atoms with E-state index >= 15 is 0 Å². The topological polar surface area (TPSA) is 61.8 Å². The summed E-state index contributed by atoms with van der Waals surface area (Å²) in [6, 6.07) is 15.1. The highest BCUT2D eigenvalue weighted by molar-refractivity contribution is 8.16.